The van der Waals surface area contributed by atoms with E-state index >= 15 is 0 Å². The SMILES string of the molecule is COc1cccnc1NCC1C(C)(C)C1(C)C. The van der Waals surface area contributed by atoms with Gasteiger partial charge in [-0.1, -0.05) is 27.7 Å². The Bertz CT molecular complexity index is 398. The first-order valence-electron chi connectivity index (χ1n) is 6.14. The van der Waals surface area contributed by atoms with E-state index in [0.29, 0.717) is 16.7 Å². The minimum absolute atomic E-state index is 0.405. The standard InChI is InChI=1S/C14H22N2O/c1-13(2)11(14(13,3)4)9-16-12-10(17-5)7-6-8-15-12/h6-8,11H,9H2,1-5H3,(H,15,16). The monoisotopic (exact) mass is 234 g/mol. The van der Waals surface area contributed by atoms with Crippen LogP contribution < -0.4 is 10.1 Å². The molecule has 0 spiro atoms. The number of nitrogens with one attached hydrogen (secondary N) is 1. The number of hydrogen-bond donors (Lipinski definition) is 1. The van der Waals surface area contributed by atoms with Crippen molar-refractivity contribution >= 4 is 5.82 Å². The maximum absolute atomic E-state index is 5.28. The lowest BCUT2D eigenvalue weighted by Crippen LogP contribution is -2.10. The summed E-state index contributed by atoms with van der Waals surface area (Å²) >= 11 is 0. The lowest BCUT2D eigenvalue weighted by atomic mass is 10.0. The van der Waals surface area contributed by atoms with Gasteiger partial charge in [0.15, 0.2) is 11.6 Å². The molecule has 0 aromatic carbocycles. The van der Waals surface area contributed by atoms with Crippen LogP contribution in [-0.2, 0) is 0 Å². The first kappa shape index (κ1) is 12.2. The highest BCUT2D eigenvalue weighted by Gasteiger charge is 2.64. The molecule has 1 aliphatic rings. The van der Waals surface area contributed by atoms with Gasteiger partial charge in [0.25, 0.3) is 0 Å². The van der Waals surface area contributed by atoms with Gasteiger partial charge >= 0.3 is 0 Å². The molecule has 1 saturated carbocycles. The highest BCUT2D eigenvalue weighted by molar-refractivity contribution is 5.49. The summed E-state index contributed by atoms with van der Waals surface area (Å²) in [6.07, 6.45) is 1.79. The second-order valence-electron chi connectivity index (χ2n) is 5.93. The van der Waals surface area contributed by atoms with Crippen molar-refractivity contribution in [2.24, 2.45) is 16.7 Å². The zero-order chi connectivity index (χ0) is 12.7. The molecule has 1 aromatic rings. The number of aromatic nitrogens is 1. The van der Waals surface area contributed by atoms with Gasteiger partial charge in [0.1, 0.15) is 0 Å². The summed E-state index contributed by atoms with van der Waals surface area (Å²) in [7, 11) is 1.67. The average molecular weight is 234 g/mol. The van der Waals surface area contributed by atoms with E-state index in [1.807, 2.05) is 12.1 Å². The number of hydrogen-bond acceptors (Lipinski definition) is 3. The number of nitrogens with zero attached hydrogens (tertiary/aromatic N) is 1. The highest BCUT2D eigenvalue weighted by atomic mass is 16.5. The Morgan fingerprint density at radius 2 is 1.94 bits per heavy atom. The molecule has 0 aliphatic heterocycles. The van der Waals surface area contributed by atoms with Crippen LogP contribution in [-0.4, -0.2) is 18.6 Å². The van der Waals surface area contributed by atoms with Crippen molar-refractivity contribution in [2.75, 3.05) is 19.0 Å². The molecule has 17 heavy (non-hydrogen) atoms. The van der Waals surface area contributed by atoms with Crippen molar-refractivity contribution in [1.82, 2.24) is 4.98 Å². The summed E-state index contributed by atoms with van der Waals surface area (Å²) in [4.78, 5) is 4.31. The quantitative estimate of drug-likeness (QED) is 0.868. The molecule has 0 atom stereocenters. The van der Waals surface area contributed by atoms with Crippen LogP contribution in [0.3, 0.4) is 0 Å². The van der Waals surface area contributed by atoms with E-state index in [-0.39, 0.29) is 0 Å². The van der Waals surface area contributed by atoms with Crippen LogP contribution in [0, 0.1) is 16.7 Å². The zero-order valence-corrected chi connectivity index (χ0v) is 11.4. The Morgan fingerprint density at radius 3 is 2.47 bits per heavy atom. The van der Waals surface area contributed by atoms with Gasteiger partial charge < -0.3 is 10.1 Å². The third-order valence-corrected chi connectivity index (χ3v) is 4.78. The number of pyridine rings is 1. The van der Waals surface area contributed by atoms with Crippen LogP contribution in [0.4, 0.5) is 5.82 Å². The average Bonchev–Trinajstić information content (AvgIpc) is 2.67. The predicted molar refractivity (Wildman–Crippen MR) is 70.3 cm³/mol. The van der Waals surface area contributed by atoms with Crippen molar-refractivity contribution < 1.29 is 4.74 Å². The molecular weight excluding hydrogens is 212 g/mol. The summed E-state index contributed by atoms with van der Waals surface area (Å²) in [6.45, 7) is 10.3. The van der Waals surface area contributed by atoms with E-state index in [0.717, 1.165) is 18.1 Å². The molecule has 0 unspecified atom stereocenters. The third kappa shape index (κ3) is 1.88. The number of rotatable bonds is 4. The van der Waals surface area contributed by atoms with Gasteiger partial charge in [-0.05, 0) is 28.9 Å². The summed E-state index contributed by atoms with van der Waals surface area (Å²) in [5.41, 5.74) is 0.810. The van der Waals surface area contributed by atoms with Crippen molar-refractivity contribution in [3.63, 3.8) is 0 Å². The van der Waals surface area contributed by atoms with E-state index < -0.39 is 0 Å². The minimum Gasteiger partial charge on any atom is -0.493 e. The molecule has 0 bridgehead atoms. The van der Waals surface area contributed by atoms with Crippen LogP contribution in [0.25, 0.3) is 0 Å². The number of anilines is 1. The fraction of sp³-hybridized carbons (Fsp3) is 0.643. The topological polar surface area (TPSA) is 34.1 Å². The fourth-order valence-corrected chi connectivity index (χ4v) is 2.73. The maximum Gasteiger partial charge on any atom is 0.168 e. The first-order valence-corrected chi connectivity index (χ1v) is 6.14. The van der Waals surface area contributed by atoms with Gasteiger partial charge in [-0.3, -0.25) is 0 Å². The van der Waals surface area contributed by atoms with Crippen LogP contribution in [0.2, 0.25) is 0 Å². The second-order valence-corrected chi connectivity index (χ2v) is 5.93. The molecule has 3 nitrogen and oxygen atoms in total. The van der Waals surface area contributed by atoms with E-state index in [9.17, 15) is 0 Å². The normalized spacial score (nSPS) is 21.0. The van der Waals surface area contributed by atoms with Gasteiger partial charge in [0, 0.05) is 12.7 Å². The Labute approximate surface area is 104 Å². The maximum atomic E-state index is 5.28. The smallest absolute Gasteiger partial charge is 0.168 e. The lowest BCUT2D eigenvalue weighted by Gasteiger charge is -2.10. The van der Waals surface area contributed by atoms with Crippen LogP contribution >= 0.6 is 0 Å². The fourth-order valence-electron chi connectivity index (χ4n) is 2.73. The molecule has 0 amide bonds. The largest absolute Gasteiger partial charge is 0.493 e. The summed E-state index contributed by atoms with van der Waals surface area (Å²) in [5.74, 6) is 2.33. The Hall–Kier alpha value is -1.25. The van der Waals surface area contributed by atoms with Crippen LogP contribution in [0.15, 0.2) is 18.3 Å². The number of ether oxygens (including phenoxy) is 1. The van der Waals surface area contributed by atoms with Gasteiger partial charge in [0.05, 0.1) is 7.11 Å². The molecule has 94 valence electrons. The molecule has 1 fully saturated rings. The molecule has 1 aromatic heterocycles. The second kappa shape index (κ2) is 3.90. The Morgan fingerprint density at radius 1 is 1.29 bits per heavy atom. The van der Waals surface area contributed by atoms with Crippen molar-refractivity contribution in [3.8, 4) is 5.75 Å². The van der Waals surface area contributed by atoms with E-state index in [2.05, 4.69) is 38.0 Å². The van der Waals surface area contributed by atoms with Crippen molar-refractivity contribution in [2.45, 2.75) is 27.7 Å². The lowest BCUT2D eigenvalue weighted by molar-refractivity contribution is 0.414. The minimum atomic E-state index is 0.405. The van der Waals surface area contributed by atoms with Crippen molar-refractivity contribution in [1.29, 1.82) is 0 Å². The van der Waals surface area contributed by atoms with E-state index in [4.69, 9.17) is 4.74 Å². The van der Waals surface area contributed by atoms with Gasteiger partial charge in [0.2, 0.25) is 0 Å². The van der Waals surface area contributed by atoms with Crippen LogP contribution in [0.1, 0.15) is 27.7 Å². The molecule has 1 heterocycles. The molecular formula is C14H22N2O. The molecule has 0 saturated heterocycles. The highest BCUT2D eigenvalue weighted by Crippen LogP contribution is 2.68. The molecule has 1 aliphatic carbocycles. The third-order valence-electron chi connectivity index (χ3n) is 4.78. The van der Waals surface area contributed by atoms with Crippen molar-refractivity contribution in [3.05, 3.63) is 18.3 Å². The predicted octanol–water partition coefficient (Wildman–Crippen LogP) is 3.18. The van der Waals surface area contributed by atoms with Crippen LogP contribution in [0.5, 0.6) is 5.75 Å². The van der Waals surface area contributed by atoms with E-state index in [1.54, 1.807) is 13.3 Å². The summed E-state index contributed by atoms with van der Waals surface area (Å²) < 4.78 is 5.28. The summed E-state index contributed by atoms with van der Waals surface area (Å²) in [6, 6.07) is 3.81. The van der Waals surface area contributed by atoms with Gasteiger partial charge in [-0.25, -0.2) is 4.98 Å². The van der Waals surface area contributed by atoms with Gasteiger partial charge in [-0.15, -0.1) is 0 Å². The Kier molecular flexibility index (Phi) is 2.80. The first-order chi connectivity index (χ1) is 7.91. The summed E-state index contributed by atoms with van der Waals surface area (Å²) in [5, 5.41) is 3.40. The van der Waals surface area contributed by atoms with Gasteiger partial charge in [-0.2, -0.15) is 0 Å². The molecule has 1 N–H and O–H groups in total. The van der Waals surface area contributed by atoms with E-state index in [1.165, 1.54) is 0 Å². The molecule has 3 heteroatoms. The zero-order valence-electron chi connectivity index (χ0n) is 11.4. The molecule has 0 radical (unpaired) electrons. The Balaban J connectivity index is 2.00. The molecule has 2 rings (SSSR count). The number of methoxy groups -OCH3 is 1.